The Bertz CT molecular complexity index is 556. The third-order valence-corrected chi connectivity index (χ3v) is 4.25. The molecule has 1 aromatic rings. The summed E-state index contributed by atoms with van der Waals surface area (Å²) >= 11 is 0. The molecular weight excluding hydrogens is 268 g/mol. The number of rotatable bonds is 1. The summed E-state index contributed by atoms with van der Waals surface area (Å²) in [7, 11) is 0. The van der Waals surface area contributed by atoms with Crippen LogP contribution in [0, 0.1) is 19.8 Å². The lowest BCUT2D eigenvalue weighted by Gasteiger charge is -2.33. The van der Waals surface area contributed by atoms with Crippen LogP contribution in [0.15, 0.2) is 18.2 Å². The number of β-amino-alcohol motifs (C(OH)–C–C–N with tert-alkyl or cyclic N) is 1. The summed E-state index contributed by atoms with van der Waals surface area (Å²) in [4.78, 5) is 25.7. The van der Waals surface area contributed by atoms with Crippen molar-refractivity contribution in [2.75, 3.05) is 18.4 Å². The van der Waals surface area contributed by atoms with Crippen LogP contribution >= 0.6 is 0 Å². The van der Waals surface area contributed by atoms with E-state index in [1.807, 2.05) is 32.9 Å². The van der Waals surface area contributed by atoms with E-state index in [1.165, 1.54) is 4.90 Å². The molecule has 2 amide bonds. The largest absolute Gasteiger partial charge is 0.391 e. The third-order valence-electron chi connectivity index (χ3n) is 4.25. The van der Waals surface area contributed by atoms with Gasteiger partial charge in [-0.2, -0.15) is 0 Å². The molecule has 0 aliphatic carbocycles. The normalized spacial score (nSPS) is 22.0. The van der Waals surface area contributed by atoms with E-state index in [9.17, 15) is 14.7 Å². The van der Waals surface area contributed by atoms with Crippen LogP contribution < -0.4 is 5.32 Å². The fourth-order valence-electron chi connectivity index (χ4n) is 2.44. The van der Waals surface area contributed by atoms with E-state index in [0.717, 1.165) is 11.1 Å². The predicted molar refractivity (Wildman–Crippen MR) is 80.9 cm³/mol. The number of hydrogen-bond acceptors (Lipinski definition) is 3. The molecule has 1 aliphatic rings. The smallest absolute Gasteiger partial charge is 0.313 e. The molecule has 1 aromatic carbocycles. The van der Waals surface area contributed by atoms with Crippen LogP contribution in [0.4, 0.5) is 5.69 Å². The highest BCUT2D eigenvalue weighted by Gasteiger charge is 2.30. The Kier molecular flexibility index (Phi) is 4.63. The van der Waals surface area contributed by atoms with Gasteiger partial charge < -0.3 is 15.3 Å². The van der Waals surface area contributed by atoms with Crippen molar-refractivity contribution < 1.29 is 14.7 Å². The highest BCUT2D eigenvalue weighted by molar-refractivity contribution is 6.39. The van der Waals surface area contributed by atoms with Gasteiger partial charge in [0.2, 0.25) is 0 Å². The van der Waals surface area contributed by atoms with E-state index in [1.54, 1.807) is 6.07 Å². The van der Waals surface area contributed by atoms with E-state index in [-0.39, 0.29) is 12.5 Å². The molecule has 114 valence electrons. The topological polar surface area (TPSA) is 69.6 Å². The number of piperidine rings is 1. The van der Waals surface area contributed by atoms with E-state index >= 15 is 0 Å². The molecule has 0 saturated carbocycles. The maximum Gasteiger partial charge on any atom is 0.313 e. The molecule has 0 radical (unpaired) electrons. The quantitative estimate of drug-likeness (QED) is 0.770. The third kappa shape index (κ3) is 3.42. The number of aliphatic hydroxyl groups is 1. The molecule has 0 bridgehead atoms. The molecule has 0 spiro atoms. The van der Waals surface area contributed by atoms with E-state index in [2.05, 4.69) is 5.32 Å². The summed E-state index contributed by atoms with van der Waals surface area (Å²) < 4.78 is 0. The standard InChI is InChI=1S/C16H22N2O3/c1-10-5-4-6-13(12(10)3)17-15(20)16(21)18-8-7-11(2)14(19)9-18/h4-6,11,14,19H,7-9H2,1-3H3,(H,17,20). The van der Waals surface area contributed by atoms with Crippen LogP contribution in [0.3, 0.4) is 0 Å². The average molecular weight is 290 g/mol. The molecule has 1 fully saturated rings. The van der Waals surface area contributed by atoms with Crippen molar-refractivity contribution in [3.8, 4) is 0 Å². The first-order valence-electron chi connectivity index (χ1n) is 7.24. The average Bonchev–Trinajstić information content (AvgIpc) is 2.46. The van der Waals surface area contributed by atoms with Crippen molar-refractivity contribution >= 4 is 17.5 Å². The number of benzene rings is 1. The van der Waals surface area contributed by atoms with Gasteiger partial charge in [-0.25, -0.2) is 0 Å². The summed E-state index contributed by atoms with van der Waals surface area (Å²) in [6.07, 6.45) is 0.153. The summed E-state index contributed by atoms with van der Waals surface area (Å²) in [6.45, 7) is 6.54. The summed E-state index contributed by atoms with van der Waals surface area (Å²) in [5.41, 5.74) is 2.66. The fraction of sp³-hybridized carbons (Fsp3) is 0.500. The monoisotopic (exact) mass is 290 g/mol. The van der Waals surface area contributed by atoms with Gasteiger partial charge in [0, 0.05) is 18.8 Å². The number of carbonyl (C=O) groups is 2. The minimum Gasteiger partial charge on any atom is -0.391 e. The molecule has 2 rings (SSSR count). The zero-order valence-electron chi connectivity index (χ0n) is 12.7. The number of amides is 2. The van der Waals surface area contributed by atoms with E-state index < -0.39 is 17.9 Å². The Morgan fingerprint density at radius 1 is 1.33 bits per heavy atom. The Morgan fingerprint density at radius 2 is 2.05 bits per heavy atom. The van der Waals surface area contributed by atoms with E-state index in [0.29, 0.717) is 18.7 Å². The van der Waals surface area contributed by atoms with Gasteiger partial charge >= 0.3 is 11.8 Å². The van der Waals surface area contributed by atoms with Crippen molar-refractivity contribution in [1.29, 1.82) is 0 Å². The Hall–Kier alpha value is -1.88. The van der Waals surface area contributed by atoms with Crippen LogP contribution in [0.25, 0.3) is 0 Å². The van der Waals surface area contributed by atoms with Crippen LogP contribution in [0.1, 0.15) is 24.5 Å². The maximum atomic E-state index is 12.2. The fourth-order valence-corrected chi connectivity index (χ4v) is 2.44. The molecule has 5 nitrogen and oxygen atoms in total. The molecule has 1 heterocycles. The summed E-state index contributed by atoms with van der Waals surface area (Å²) in [6, 6.07) is 5.57. The van der Waals surface area contributed by atoms with Gasteiger partial charge in [-0.15, -0.1) is 0 Å². The van der Waals surface area contributed by atoms with Crippen LogP contribution in [0.5, 0.6) is 0 Å². The molecule has 1 aliphatic heterocycles. The summed E-state index contributed by atoms with van der Waals surface area (Å²) in [5.74, 6) is -1.07. The minimum absolute atomic E-state index is 0.163. The number of hydrogen-bond donors (Lipinski definition) is 2. The number of anilines is 1. The molecular formula is C16H22N2O3. The second kappa shape index (κ2) is 6.26. The Morgan fingerprint density at radius 3 is 2.71 bits per heavy atom. The second-order valence-corrected chi connectivity index (χ2v) is 5.79. The number of aliphatic hydroxyl groups excluding tert-OH is 1. The van der Waals surface area contributed by atoms with Crippen molar-refractivity contribution in [1.82, 2.24) is 4.90 Å². The number of likely N-dealkylation sites (tertiary alicyclic amines) is 1. The molecule has 1 saturated heterocycles. The second-order valence-electron chi connectivity index (χ2n) is 5.79. The van der Waals surface area contributed by atoms with Gasteiger partial charge in [0.05, 0.1) is 6.10 Å². The number of nitrogens with zero attached hydrogens (tertiary/aromatic N) is 1. The predicted octanol–water partition coefficient (Wildman–Crippen LogP) is 1.47. The number of carbonyl (C=O) groups excluding carboxylic acids is 2. The maximum absolute atomic E-state index is 12.2. The molecule has 0 aromatic heterocycles. The van der Waals surface area contributed by atoms with Gasteiger partial charge in [0.1, 0.15) is 0 Å². The lowest BCUT2D eigenvalue weighted by molar-refractivity contribution is -0.146. The highest BCUT2D eigenvalue weighted by Crippen LogP contribution is 2.19. The first-order chi connectivity index (χ1) is 9.90. The van der Waals surface area contributed by atoms with Crippen LogP contribution in [-0.2, 0) is 9.59 Å². The Balaban J connectivity index is 2.03. The van der Waals surface area contributed by atoms with Gasteiger partial charge in [0.25, 0.3) is 0 Å². The van der Waals surface area contributed by atoms with Gasteiger partial charge in [-0.05, 0) is 43.4 Å². The van der Waals surface area contributed by atoms with Gasteiger partial charge in [-0.3, -0.25) is 9.59 Å². The lowest BCUT2D eigenvalue weighted by Crippen LogP contribution is -2.49. The van der Waals surface area contributed by atoms with Crippen molar-refractivity contribution in [3.05, 3.63) is 29.3 Å². The highest BCUT2D eigenvalue weighted by atomic mass is 16.3. The minimum atomic E-state index is -0.648. The molecule has 5 heteroatoms. The van der Waals surface area contributed by atoms with Gasteiger partial charge in [0.15, 0.2) is 0 Å². The molecule has 2 N–H and O–H groups in total. The van der Waals surface area contributed by atoms with E-state index in [4.69, 9.17) is 0 Å². The zero-order chi connectivity index (χ0) is 15.6. The molecule has 2 unspecified atom stereocenters. The number of aryl methyl sites for hydroxylation is 1. The van der Waals surface area contributed by atoms with Gasteiger partial charge in [-0.1, -0.05) is 19.1 Å². The number of nitrogens with one attached hydrogen (secondary N) is 1. The SMILES string of the molecule is Cc1cccc(NC(=O)C(=O)N2CCC(C)C(O)C2)c1C. The first-order valence-corrected chi connectivity index (χ1v) is 7.24. The zero-order valence-corrected chi connectivity index (χ0v) is 12.7. The lowest BCUT2D eigenvalue weighted by atomic mass is 9.96. The van der Waals surface area contributed by atoms with Crippen LogP contribution in [0.2, 0.25) is 0 Å². The first kappa shape index (κ1) is 15.5. The summed E-state index contributed by atoms with van der Waals surface area (Å²) in [5, 5.41) is 12.5. The Labute approximate surface area is 125 Å². The van der Waals surface area contributed by atoms with Crippen molar-refractivity contribution in [3.63, 3.8) is 0 Å². The van der Waals surface area contributed by atoms with Crippen molar-refractivity contribution in [2.24, 2.45) is 5.92 Å². The molecule has 21 heavy (non-hydrogen) atoms. The molecule has 2 atom stereocenters. The van der Waals surface area contributed by atoms with Crippen molar-refractivity contribution in [2.45, 2.75) is 33.3 Å². The van der Waals surface area contributed by atoms with Crippen LogP contribution in [-0.4, -0.2) is 41.0 Å².